The summed E-state index contributed by atoms with van der Waals surface area (Å²) < 4.78 is 42.1. The van der Waals surface area contributed by atoms with Crippen LogP contribution in [0.1, 0.15) is 24.0 Å². The lowest BCUT2D eigenvalue weighted by atomic mass is 9.87. The van der Waals surface area contributed by atoms with Crippen LogP contribution in [0.5, 0.6) is 5.88 Å². The fourth-order valence-corrected chi connectivity index (χ4v) is 9.91. The van der Waals surface area contributed by atoms with Crippen LogP contribution in [0.3, 0.4) is 0 Å². The van der Waals surface area contributed by atoms with E-state index in [4.69, 9.17) is 21.1 Å². The molecule has 2 aromatic heterocycles. The van der Waals surface area contributed by atoms with Crippen LogP contribution < -0.4 is 9.04 Å². The molecule has 47 heavy (non-hydrogen) atoms. The Morgan fingerprint density at radius 2 is 1.72 bits per heavy atom. The highest BCUT2D eigenvalue weighted by molar-refractivity contribution is 7.95. The fourth-order valence-electron chi connectivity index (χ4n) is 6.81. The van der Waals surface area contributed by atoms with Crippen molar-refractivity contribution in [3.63, 3.8) is 0 Å². The standard InChI is InChI=1S/C33H34ClN5O6S2/c1-36-14-11-24(12-15-36)37-16-18-38(19-17-37)32(41)45-33(25-7-5-13-35-30(25)44-2)26-21-23(34)9-10-27(26)39(31(33)40)47(42,43)29-20-22-6-3-4-8-28(22)46-29/h3-10,13,20-21,24H,11-12,14-19H2,1-2H3. The monoisotopic (exact) mass is 695 g/mol. The van der Waals surface area contributed by atoms with Gasteiger partial charge in [0, 0.05) is 53.7 Å². The summed E-state index contributed by atoms with van der Waals surface area (Å²) in [7, 11) is -0.967. The van der Waals surface area contributed by atoms with Gasteiger partial charge in [0.15, 0.2) is 0 Å². The molecule has 14 heteroatoms. The Bertz CT molecular complexity index is 1920. The van der Waals surface area contributed by atoms with Crippen molar-refractivity contribution in [2.45, 2.75) is 28.7 Å². The normalized spacial score (nSPS) is 21.3. The molecule has 0 N–H and O–H groups in total. The molecule has 2 aromatic carbocycles. The molecule has 11 nitrogen and oxygen atoms in total. The summed E-state index contributed by atoms with van der Waals surface area (Å²) in [5.41, 5.74) is -2.04. The van der Waals surface area contributed by atoms with Gasteiger partial charge in [-0.05, 0) is 80.8 Å². The molecule has 4 aromatic rings. The van der Waals surface area contributed by atoms with E-state index in [0.29, 0.717) is 32.2 Å². The van der Waals surface area contributed by atoms with E-state index in [-0.39, 0.29) is 31.9 Å². The van der Waals surface area contributed by atoms with Crippen LogP contribution in [0.15, 0.2) is 71.1 Å². The number of nitrogens with zero attached hydrogens (tertiary/aromatic N) is 5. The van der Waals surface area contributed by atoms with E-state index in [2.05, 4.69) is 21.8 Å². The van der Waals surface area contributed by atoms with Crippen LogP contribution in [0, 0.1) is 0 Å². The predicted molar refractivity (Wildman–Crippen MR) is 180 cm³/mol. The first-order chi connectivity index (χ1) is 22.6. The average molecular weight is 696 g/mol. The number of sulfonamides is 1. The van der Waals surface area contributed by atoms with Crippen molar-refractivity contribution < 1.29 is 27.5 Å². The van der Waals surface area contributed by atoms with Gasteiger partial charge < -0.3 is 19.3 Å². The molecule has 2 saturated heterocycles. The summed E-state index contributed by atoms with van der Waals surface area (Å²) >= 11 is 7.55. The minimum atomic E-state index is -4.48. The van der Waals surface area contributed by atoms with E-state index in [0.717, 1.165) is 51.7 Å². The van der Waals surface area contributed by atoms with Gasteiger partial charge in [0.25, 0.3) is 21.5 Å². The number of methoxy groups -OCH3 is 1. The molecule has 1 atom stereocenters. The van der Waals surface area contributed by atoms with Gasteiger partial charge in [-0.25, -0.2) is 9.78 Å². The third-order valence-corrected chi connectivity index (χ3v) is 12.8. The first kappa shape index (κ1) is 31.8. The van der Waals surface area contributed by atoms with Gasteiger partial charge >= 0.3 is 6.09 Å². The van der Waals surface area contributed by atoms with Crippen LogP contribution in [0.25, 0.3) is 10.1 Å². The molecule has 0 aliphatic carbocycles. The Morgan fingerprint density at radius 3 is 2.45 bits per heavy atom. The van der Waals surface area contributed by atoms with Crippen LogP contribution in [0.2, 0.25) is 5.02 Å². The lowest BCUT2D eigenvalue weighted by Crippen LogP contribution is -2.55. The second-order valence-corrected chi connectivity index (χ2v) is 15.5. The lowest BCUT2D eigenvalue weighted by Gasteiger charge is -2.42. The van der Waals surface area contributed by atoms with Crippen molar-refractivity contribution in [2.24, 2.45) is 0 Å². The van der Waals surface area contributed by atoms with Crippen molar-refractivity contribution >= 4 is 60.7 Å². The van der Waals surface area contributed by atoms with Crippen LogP contribution in [-0.2, 0) is 25.2 Å². The smallest absolute Gasteiger partial charge is 0.411 e. The first-order valence-electron chi connectivity index (χ1n) is 15.4. The zero-order chi connectivity index (χ0) is 32.9. The number of likely N-dealkylation sites (tertiary alicyclic amines) is 1. The summed E-state index contributed by atoms with van der Waals surface area (Å²) in [6.07, 6.45) is 2.87. The average Bonchev–Trinajstić information content (AvgIpc) is 3.63. The Hall–Kier alpha value is -3.75. The zero-order valence-corrected chi connectivity index (χ0v) is 28.4. The molecule has 2 amide bonds. The molecule has 3 aliphatic heterocycles. The van der Waals surface area contributed by atoms with E-state index in [9.17, 15) is 18.0 Å². The van der Waals surface area contributed by atoms with Crippen LogP contribution in [-0.4, -0.2) is 99.6 Å². The highest BCUT2D eigenvalue weighted by Gasteiger charge is 2.61. The van der Waals surface area contributed by atoms with Crippen LogP contribution in [0.4, 0.5) is 10.5 Å². The summed E-state index contributed by atoms with van der Waals surface area (Å²) in [5.74, 6) is -0.982. The maximum Gasteiger partial charge on any atom is 0.411 e. The molecule has 246 valence electrons. The number of fused-ring (bicyclic) bond motifs is 2. The van der Waals surface area contributed by atoms with Gasteiger partial charge in [0.05, 0.1) is 18.4 Å². The molecule has 1 unspecified atom stereocenters. The Labute approximate surface area is 282 Å². The number of anilines is 1. The molecular weight excluding hydrogens is 662 g/mol. The number of hydrogen-bond acceptors (Lipinski definition) is 10. The summed E-state index contributed by atoms with van der Waals surface area (Å²) in [4.78, 5) is 39.6. The van der Waals surface area contributed by atoms with Gasteiger partial charge in [-0.15, -0.1) is 11.3 Å². The predicted octanol–water partition coefficient (Wildman–Crippen LogP) is 4.79. The van der Waals surface area contributed by atoms with E-state index in [1.807, 2.05) is 24.3 Å². The van der Waals surface area contributed by atoms with Gasteiger partial charge in [-0.3, -0.25) is 9.69 Å². The number of benzene rings is 2. The molecule has 3 aliphatic rings. The fraction of sp³-hybridized carbons (Fsp3) is 0.364. The van der Waals surface area contributed by atoms with Crippen molar-refractivity contribution in [3.05, 3.63) is 83.0 Å². The largest absolute Gasteiger partial charge is 0.481 e. The molecule has 7 rings (SSSR count). The lowest BCUT2D eigenvalue weighted by molar-refractivity contribution is -0.132. The van der Waals surface area contributed by atoms with E-state index in [1.54, 1.807) is 23.1 Å². The minimum absolute atomic E-state index is 0.00720. The zero-order valence-electron chi connectivity index (χ0n) is 26.0. The van der Waals surface area contributed by atoms with Crippen molar-refractivity contribution in [1.82, 2.24) is 19.7 Å². The summed E-state index contributed by atoms with van der Waals surface area (Å²) in [6, 6.07) is 16.8. The number of rotatable bonds is 6. The number of amides is 2. The maximum absolute atomic E-state index is 14.9. The van der Waals surface area contributed by atoms with Crippen molar-refractivity contribution in [2.75, 3.05) is 57.7 Å². The van der Waals surface area contributed by atoms with E-state index >= 15 is 0 Å². The molecule has 0 bridgehead atoms. The molecular formula is C33H34ClN5O6S2. The van der Waals surface area contributed by atoms with Gasteiger partial charge in [-0.2, -0.15) is 12.7 Å². The molecule has 2 fully saturated rings. The van der Waals surface area contributed by atoms with Crippen molar-refractivity contribution in [1.29, 1.82) is 0 Å². The number of ether oxygens (including phenoxy) is 2. The molecule has 5 heterocycles. The molecule has 0 saturated carbocycles. The topological polar surface area (TPSA) is 113 Å². The highest BCUT2D eigenvalue weighted by atomic mass is 35.5. The third kappa shape index (κ3) is 5.43. The number of carbonyl (C=O) groups excluding carboxylic acids is 2. The number of halogens is 1. The number of pyridine rings is 1. The number of aromatic nitrogens is 1. The Kier molecular flexibility index (Phi) is 8.37. The Morgan fingerprint density at radius 1 is 0.979 bits per heavy atom. The number of thiophene rings is 1. The highest BCUT2D eigenvalue weighted by Crippen LogP contribution is 2.52. The second-order valence-electron chi connectivity index (χ2n) is 12.0. The molecule has 0 radical (unpaired) electrons. The Balaban J connectivity index is 1.29. The summed E-state index contributed by atoms with van der Waals surface area (Å²) in [6.45, 7) is 4.18. The quantitative estimate of drug-likeness (QED) is 0.281. The molecule has 0 spiro atoms. The van der Waals surface area contributed by atoms with E-state index in [1.165, 1.54) is 31.5 Å². The SMILES string of the molecule is COc1ncccc1C1(OC(=O)N2CCN(C3CCN(C)CC3)CC2)C(=O)N(S(=O)(=O)c2cc3ccccc3s2)c2ccc(Cl)cc21. The number of carbonyl (C=O) groups is 2. The van der Waals surface area contributed by atoms with Gasteiger partial charge in [0.2, 0.25) is 5.88 Å². The summed E-state index contributed by atoms with van der Waals surface area (Å²) in [5, 5.41) is 0.956. The van der Waals surface area contributed by atoms with Gasteiger partial charge in [-0.1, -0.05) is 29.8 Å². The number of piperidine rings is 1. The maximum atomic E-state index is 14.9. The van der Waals surface area contributed by atoms with Gasteiger partial charge in [0.1, 0.15) is 4.21 Å². The van der Waals surface area contributed by atoms with Crippen molar-refractivity contribution in [3.8, 4) is 5.88 Å². The minimum Gasteiger partial charge on any atom is -0.481 e. The second kappa shape index (κ2) is 12.4. The third-order valence-electron chi connectivity index (χ3n) is 9.30. The van der Waals surface area contributed by atoms with E-state index < -0.39 is 27.6 Å². The number of piperazine rings is 1. The van der Waals surface area contributed by atoms with Crippen LogP contribution >= 0.6 is 22.9 Å². The first-order valence-corrected chi connectivity index (χ1v) is 18.1. The number of hydrogen-bond donors (Lipinski definition) is 0.